The number of pyridine rings is 2. The molecule has 4 atom stereocenters. The Balaban J connectivity index is 0.000000103. The number of fused-ring (bicyclic) bond motifs is 16. The summed E-state index contributed by atoms with van der Waals surface area (Å²) in [5.41, 5.74) is 31.5. The van der Waals surface area contributed by atoms with Crippen molar-refractivity contribution in [1.29, 1.82) is 0 Å². The third kappa shape index (κ3) is 11.3. The van der Waals surface area contributed by atoms with E-state index in [-0.39, 0.29) is 24.7 Å². The quantitative estimate of drug-likeness (QED) is 0.158. The summed E-state index contributed by atoms with van der Waals surface area (Å²) in [7, 11) is 4.22. The highest BCUT2D eigenvalue weighted by molar-refractivity contribution is 6.15. The lowest BCUT2D eigenvalue weighted by molar-refractivity contribution is 0.660. The third-order valence-corrected chi connectivity index (χ3v) is 23.9. The van der Waals surface area contributed by atoms with E-state index in [0.717, 1.165) is 134 Å². The van der Waals surface area contributed by atoms with Gasteiger partial charge >= 0.3 is 0 Å². The molecule has 4 aliphatic heterocycles. The van der Waals surface area contributed by atoms with E-state index < -0.39 is 0 Å². The van der Waals surface area contributed by atoms with Gasteiger partial charge in [0.25, 0.3) is 0 Å². The topological polar surface area (TPSA) is 104 Å². The summed E-state index contributed by atoms with van der Waals surface area (Å²) in [6.45, 7) is 26.3. The zero-order valence-electron chi connectivity index (χ0n) is 66.8. The molecule has 12 aromatic carbocycles. The van der Waals surface area contributed by atoms with E-state index in [9.17, 15) is 0 Å². The monoisotopic (exact) mass is 1490 g/mol. The van der Waals surface area contributed by atoms with Crippen LogP contribution in [0.1, 0.15) is 72.2 Å². The minimum Gasteiger partial charge on any atom is -0.454 e. The second kappa shape index (κ2) is 27.8. The molecule has 18 aromatic rings. The second-order valence-electron chi connectivity index (χ2n) is 31.0. The van der Waals surface area contributed by atoms with Crippen LogP contribution >= 0.6 is 0 Å². The second-order valence-corrected chi connectivity index (χ2v) is 31.0. The standard InChI is InChI=1S/2C29H26N2O.2C21H19N3O/c1-18-10-9-11-19(2)27(18)30-21(4)31(25-14-7-6-13-24(25)30)28-20(3)16-17-23-22-12-5-8-15-26(22)32-29(23)28;1-18-15-19(2)17-22(16-18)30-21(4)31(26-11-7-6-10-25(26)30)28-20(3)13-14-24-23-9-5-8-12-27(23)32-29(24)28;2*1-13-10-11-16-15-7-4-5-9-18(15)25-20(16)19(13)24-14(2)23(3)17-8-6-12-22-21(17)24/h2*5-17,21H,1-4H3;2*4-12,14H,1-3H3/t2*21-;2*14-/m1111/s1. The number of rotatable bonds is 6. The molecule has 0 unspecified atom stereocenters. The summed E-state index contributed by atoms with van der Waals surface area (Å²) in [5.74, 6) is 1.96. The summed E-state index contributed by atoms with van der Waals surface area (Å²) in [5, 5.41) is 9.25. The molecule has 564 valence electrons. The summed E-state index contributed by atoms with van der Waals surface area (Å²) < 4.78 is 25.5. The van der Waals surface area contributed by atoms with Gasteiger partial charge in [0.1, 0.15) is 47.0 Å². The van der Waals surface area contributed by atoms with Crippen molar-refractivity contribution < 1.29 is 17.7 Å². The number of anilines is 14. The molecule has 14 nitrogen and oxygen atoms in total. The van der Waals surface area contributed by atoms with E-state index in [1.807, 2.05) is 60.9 Å². The van der Waals surface area contributed by atoms with Crippen molar-refractivity contribution in [3.05, 3.63) is 312 Å². The fourth-order valence-corrected chi connectivity index (χ4v) is 18.4. The Hall–Kier alpha value is -13.5. The SMILES string of the molecule is Cc1cc(C)cc(N2c3ccccc3N(c3c(C)ccc4c3oc3ccccc34)[C@@H]2C)c1.Cc1ccc2c(oc3ccccc32)c1N1c2ncccc2N(C)[C@H]1C.Cc1ccc2c(oc3ccccc32)c1N1c2ncccc2N(C)[C@H]1C.Cc1cccc(C)c1N1c2ccccc2N(c2c(C)ccc3c2oc2ccccc23)[C@@H]1C. The van der Waals surface area contributed by atoms with Crippen molar-refractivity contribution in [2.45, 2.75) is 108 Å². The van der Waals surface area contributed by atoms with Gasteiger partial charge in [-0.05, 0) is 213 Å². The molecular weight excluding hydrogens is 1410 g/mol. The zero-order chi connectivity index (χ0) is 78.2. The average Bonchev–Trinajstić information content (AvgIpc) is 1.59. The summed E-state index contributed by atoms with van der Waals surface area (Å²) in [4.78, 5) is 28.2. The van der Waals surface area contributed by atoms with Gasteiger partial charge in [0, 0.05) is 81.0 Å². The summed E-state index contributed by atoms with van der Waals surface area (Å²) in [6.07, 6.45) is 4.25. The normalized spacial score (nSPS) is 16.2. The van der Waals surface area contributed by atoms with Crippen molar-refractivity contribution >= 4 is 168 Å². The molecular formula is C100H90N10O4. The molecule has 0 amide bonds. The Morgan fingerprint density at radius 1 is 0.246 bits per heavy atom. The first kappa shape index (κ1) is 70.9. The molecule has 0 spiro atoms. The van der Waals surface area contributed by atoms with Crippen molar-refractivity contribution in [3.8, 4) is 0 Å². The summed E-state index contributed by atoms with van der Waals surface area (Å²) >= 11 is 0. The van der Waals surface area contributed by atoms with Gasteiger partial charge in [-0.15, -0.1) is 0 Å². The van der Waals surface area contributed by atoms with Crippen molar-refractivity contribution in [2.24, 2.45) is 0 Å². The smallest absolute Gasteiger partial charge is 0.159 e. The number of aryl methyl sites for hydroxylation is 8. The maximum Gasteiger partial charge on any atom is 0.159 e. The van der Waals surface area contributed by atoms with Gasteiger partial charge in [0.15, 0.2) is 34.0 Å². The van der Waals surface area contributed by atoms with Crippen LogP contribution in [-0.2, 0) is 0 Å². The van der Waals surface area contributed by atoms with E-state index in [4.69, 9.17) is 17.7 Å². The third-order valence-electron chi connectivity index (χ3n) is 23.9. The molecule has 0 aliphatic carbocycles. The van der Waals surface area contributed by atoms with Crippen molar-refractivity contribution in [3.63, 3.8) is 0 Å². The Morgan fingerprint density at radius 3 is 0.877 bits per heavy atom. The number of furan rings is 4. The van der Waals surface area contributed by atoms with Crippen molar-refractivity contribution in [2.75, 3.05) is 53.3 Å². The van der Waals surface area contributed by atoms with Gasteiger partial charge in [-0.2, -0.15) is 0 Å². The van der Waals surface area contributed by atoms with E-state index in [1.165, 1.54) is 78.6 Å². The lowest BCUT2D eigenvalue weighted by Gasteiger charge is -2.32. The Kier molecular flexibility index (Phi) is 17.3. The average molecular weight is 1500 g/mol. The van der Waals surface area contributed by atoms with Gasteiger partial charge in [-0.25, -0.2) is 9.97 Å². The van der Waals surface area contributed by atoms with Crippen LogP contribution in [0.15, 0.2) is 285 Å². The number of nitrogens with zero attached hydrogens (tertiary/aromatic N) is 10. The highest BCUT2D eigenvalue weighted by Gasteiger charge is 2.42. The largest absolute Gasteiger partial charge is 0.454 e. The molecule has 0 saturated heterocycles. The highest BCUT2D eigenvalue weighted by Crippen LogP contribution is 2.55. The minimum absolute atomic E-state index is 0.102. The molecule has 0 fully saturated rings. The fourth-order valence-electron chi connectivity index (χ4n) is 18.4. The van der Waals surface area contributed by atoms with E-state index in [0.29, 0.717) is 0 Å². The molecule has 0 N–H and O–H groups in total. The van der Waals surface area contributed by atoms with Gasteiger partial charge in [0.2, 0.25) is 0 Å². The van der Waals surface area contributed by atoms with Gasteiger partial charge in [-0.1, -0.05) is 170 Å². The summed E-state index contributed by atoms with van der Waals surface area (Å²) in [6, 6.07) is 89.4. The molecule has 114 heavy (non-hydrogen) atoms. The molecule has 0 saturated carbocycles. The predicted molar refractivity (Wildman–Crippen MR) is 475 cm³/mol. The number of hydrogen-bond acceptors (Lipinski definition) is 14. The van der Waals surface area contributed by atoms with Crippen LogP contribution in [0.4, 0.5) is 79.9 Å². The Labute approximate surface area is 664 Å². The van der Waals surface area contributed by atoms with Crippen molar-refractivity contribution in [1.82, 2.24) is 9.97 Å². The van der Waals surface area contributed by atoms with E-state index in [1.54, 1.807) is 0 Å². The predicted octanol–water partition coefficient (Wildman–Crippen LogP) is 26.7. The highest BCUT2D eigenvalue weighted by atomic mass is 16.3. The first-order chi connectivity index (χ1) is 55.4. The van der Waals surface area contributed by atoms with E-state index in [2.05, 4.69) is 353 Å². The van der Waals surface area contributed by atoms with Crippen LogP contribution in [0.3, 0.4) is 0 Å². The van der Waals surface area contributed by atoms with Crippen LogP contribution in [0.25, 0.3) is 87.8 Å². The first-order valence-electron chi connectivity index (χ1n) is 39.5. The van der Waals surface area contributed by atoms with Crippen LogP contribution in [-0.4, -0.2) is 48.7 Å². The van der Waals surface area contributed by atoms with Gasteiger partial charge in [0.05, 0.1) is 56.9 Å². The number of para-hydroxylation sites is 9. The molecule has 22 rings (SSSR count). The van der Waals surface area contributed by atoms with E-state index >= 15 is 0 Å². The molecule has 0 bridgehead atoms. The van der Waals surface area contributed by atoms with Crippen LogP contribution in [0, 0.1) is 55.4 Å². The maximum atomic E-state index is 6.47. The van der Waals surface area contributed by atoms with Crippen LogP contribution in [0.5, 0.6) is 0 Å². The fraction of sp³-hybridized carbons (Fsp3) is 0.180. The van der Waals surface area contributed by atoms with Gasteiger partial charge < -0.3 is 56.9 Å². The Bertz CT molecular complexity index is 6630. The van der Waals surface area contributed by atoms with Crippen LogP contribution in [0.2, 0.25) is 0 Å². The minimum atomic E-state index is 0.102. The first-order valence-corrected chi connectivity index (χ1v) is 39.5. The zero-order valence-corrected chi connectivity index (χ0v) is 66.8. The number of aromatic nitrogens is 2. The molecule has 4 aliphatic rings. The lowest BCUT2D eigenvalue weighted by atomic mass is 10.1. The number of benzene rings is 12. The molecule has 6 aromatic heterocycles. The van der Waals surface area contributed by atoms with Gasteiger partial charge in [-0.3, -0.25) is 0 Å². The lowest BCUT2D eigenvalue weighted by Crippen LogP contribution is -2.36. The molecule has 10 heterocycles. The molecule has 0 radical (unpaired) electrons. The Morgan fingerprint density at radius 2 is 0.526 bits per heavy atom. The van der Waals surface area contributed by atoms with Crippen LogP contribution < -0.4 is 39.2 Å². The molecule has 14 heteroatoms. The number of hydrogen-bond donors (Lipinski definition) is 0. The maximum absolute atomic E-state index is 6.47.